The summed E-state index contributed by atoms with van der Waals surface area (Å²) in [4.78, 5) is 2.70. The van der Waals surface area contributed by atoms with Gasteiger partial charge in [-0.05, 0) is 85.1 Å². The van der Waals surface area contributed by atoms with Crippen LogP contribution in [0.5, 0.6) is 11.5 Å². The lowest BCUT2D eigenvalue weighted by Gasteiger charge is -2.15. The number of sulfone groups is 1. The van der Waals surface area contributed by atoms with E-state index in [-0.39, 0.29) is 9.79 Å². The first-order valence-corrected chi connectivity index (χ1v) is 12.3. The van der Waals surface area contributed by atoms with Crippen molar-refractivity contribution in [2.45, 2.75) is 29.2 Å². The van der Waals surface area contributed by atoms with Crippen LogP contribution in [0.4, 0.5) is 0 Å². The van der Waals surface area contributed by atoms with Gasteiger partial charge in [0.2, 0.25) is 9.84 Å². The lowest BCUT2D eigenvalue weighted by atomic mass is 10.0. The van der Waals surface area contributed by atoms with E-state index >= 15 is 0 Å². The number of nitrogens with zero attached hydrogens (tertiary/aromatic N) is 1. The van der Waals surface area contributed by atoms with Crippen LogP contribution in [0.2, 0.25) is 5.02 Å². The van der Waals surface area contributed by atoms with E-state index in [0.29, 0.717) is 23.1 Å². The second kappa shape index (κ2) is 9.53. The Balaban J connectivity index is 1.57. The van der Waals surface area contributed by atoms with Crippen LogP contribution in [0, 0.1) is 0 Å². The monoisotopic (exact) mass is 471 g/mol. The Hall–Kier alpha value is -2.54. The predicted molar refractivity (Wildman–Crippen MR) is 126 cm³/mol. The predicted octanol–water partition coefficient (Wildman–Crippen LogP) is 4.79. The minimum Gasteiger partial charge on any atom is -0.495 e. The molecule has 0 amide bonds. The van der Waals surface area contributed by atoms with Crippen molar-refractivity contribution < 1.29 is 17.9 Å². The molecule has 1 aliphatic heterocycles. The van der Waals surface area contributed by atoms with Crippen molar-refractivity contribution in [2.24, 2.45) is 0 Å². The molecule has 0 spiro atoms. The van der Waals surface area contributed by atoms with Gasteiger partial charge < -0.3 is 14.4 Å². The van der Waals surface area contributed by atoms with Crippen molar-refractivity contribution in [2.75, 3.05) is 27.2 Å². The van der Waals surface area contributed by atoms with E-state index < -0.39 is 9.84 Å². The van der Waals surface area contributed by atoms with E-state index in [1.54, 1.807) is 54.6 Å². The van der Waals surface area contributed by atoms with Crippen LogP contribution >= 0.6 is 11.6 Å². The highest BCUT2D eigenvalue weighted by Crippen LogP contribution is 2.33. The van der Waals surface area contributed by atoms with Gasteiger partial charge in [0.25, 0.3) is 0 Å². The van der Waals surface area contributed by atoms with Gasteiger partial charge >= 0.3 is 0 Å². The first-order chi connectivity index (χ1) is 15.4. The van der Waals surface area contributed by atoms with E-state index in [1.165, 1.54) is 7.11 Å². The highest BCUT2D eigenvalue weighted by atomic mass is 35.5. The molecule has 3 aromatic carbocycles. The maximum atomic E-state index is 13.4. The summed E-state index contributed by atoms with van der Waals surface area (Å²) < 4.78 is 38.1. The quantitative estimate of drug-likeness (QED) is 0.517. The van der Waals surface area contributed by atoms with E-state index in [0.717, 1.165) is 42.6 Å². The molecule has 0 aliphatic carbocycles. The molecule has 168 valence electrons. The summed E-state index contributed by atoms with van der Waals surface area (Å²) >= 11 is 5.89. The molecular weight excluding hydrogens is 446 g/mol. The molecule has 0 atom stereocenters. The minimum absolute atomic E-state index is 0.216. The Morgan fingerprint density at radius 3 is 2.19 bits per heavy atom. The summed E-state index contributed by atoms with van der Waals surface area (Å²) in [6, 6.07) is 17.6. The van der Waals surface area contributed by atoms with E-state index in [2.05, 4.69) is 11.9 Å². The molecule has 4 rings (SSSR count). The molecule has 0 bridgehead atoms. The van der Waals surface area contributed by atoms with Gasteiger partial charge in [-0.1, -0.05) is 23.7 Å². The van der Waals surface area contributed by atoms with Crippen LogP contribution in [0.25, 0.3) is 0 Å². The fraction of sp³-hybridized carbons (Fsp3) is 0.280. The lowest BCUT2D eigenvalue weighted by Crippen LogP contribution is -2.20. The Morgan fingerprint density at radius 2 is 1.56 bits per heavy atom. The Morgan fingerprint density at radius 1 is 0.938 bits per heavy atom. The zero-order chi connectivity index (χ0) is 22.7. The van der Waals surface area contributed by atoms with Crippen LogP contribution in [-0.4, -0.2) is 40.6 Å². The van der Waals surface area contributed by atoms with Gasteiger partial charge in [0.1, 0.15) is 23.0 Å². The number of likely N-dealkylation sites (N-methyl/N-ethyl adjacent to an activating group) is 1. The van der Waals surface area contributed by atoms with Crippen LogP contribution in [0.1, 0.15) is 16.7 Å². The number of hydrogen-bond acceptors (Lipinski definition) is 5. The van der Waals surface area contributed by atoms with Crippen molar-refractivity contribution in [1.82, 2.24) is 4.90 Å². The van der Waals surface area contributed by atoms with E-state index in [4.69, 9.17) is 21.1 Å². The maximum Gasteiger partial charge on any atom is 0.210 e. The van der Waals surface area contributed by atoms with Gasteiger partial charge in [0.15, 0.2) is 0 Å². The van der Waals surface area contributed by atoms with Gasteiger partial charge in [0, 0.05) is 18.1 Å². The number of methoxy groups -OCH3 is 1. The molecule has 1 aliphatic rings. The Labute approximate surface area is 194 Å². The smallest absolute Gasteiger partial charge is 0.210 e. The minimum atomic E-state index is -3.72. The summed E-state index contributed by atoms with van der Waals surface area (Å²) in [7, 11) is -0.126. The van der Waals surface area contributed by atoms with E-state index in [9.17, 15) is 8.42 Å². The first kappa shape index (κ1) is 22.6. The fourth-order valence-corrected chi connectivity index (χ4v) is 5.38. The van der Waals surface area contributed by atoms with Crippen LogP contribution in [0.15, 0.2) is 70.5 Å². The maximum absolute atomic E-state index is 13.4. The number of benzene rings is 3. The summed E-state index contributed by atoms with van der Waals surface area (Å²) in [6.07, 6.45) is 1.70. The SMILES string of the molecule is COc1cc2c(cc1S(=O)(=O)c1ccc(COc3ccc(Cl)cc3)cc1)CCN(C)CC2. The average Bonchev–Trinajstić information content (AvgIpc) is 2.99. The van der Waals surface area contributed by atoms with Gasteiger partial charge in [0.05, 0.1) is 12.0 Å². The second-order valence-electron chi connectivity index (χ2n) is 7.97. The Bertz CT molecular complexity index is 1190. The highest BCUT2D eigenvalue weighted by molar-refractivity contribution is 7.91. The Kier molecular flexibility index (Phi) is 6.74. The van der Waals surface area contributed by atoms with Crippen LogP contribution < -0.4 is 9.47 Å². The molecule has 0 radical (unpaired) electrons. The number of fused-ring (bicyclic) bond motifs is 1. The van der Waals surface area contributed by atoms with Crippen molar-refractivity contribution >= 4 is 21.4 Å². The molecule has 3 aromatic rings. The van der Waals surface area contributed by atoms with Crippen molar-refractivity contribution in [1.29, 1.82) is 0 Å². The zero-order valence-electron chi connectivity index (χ0n) is 18.2. The van der Waals surface area contributed by atoms with Crippen LogP contribution in [0.3, 0.4) is 0 Å². The summed E-state index contributed by atoms with van der Waals surface area (Å²) in [5, 5.41) is 0.646. The molecule has 0 saturated carbocycles. The van der Waals surface area contributed by atoms with Crippen LogP contribution in [-0.2, 0) is 29.3 Å². The molecule has 1 heterocycles. The normalized spacial score (nSPS) is 14.5. The topological polar surface area (TPSA) is 55.8 Å². The standard InChI is InChI=1S/C25H26ClNO4S/c1-27-13-11-19-15-24(30-2)25(16-20(19)12-14-27)32(28,29)23-9-3-18(4-10-23)17-31-22-7-5-21(26)6-8-22/h3-10,15-16H,11-14,17H2,1-2H3. The number of ether oxygens (including phenoxy) is 2. The molecule has 32 heavy (non-hydrogen) atoms. The van der Waals surface area contributed by atoms with Crippen molar-refractivity contribution in [3.05, 3.63) is 82.4 Å². The highest BCUT2D eigenvalue weighted by Gasteiger charge is 2.25. The van der Waals surface area contributed by atoms with Gasteiger partial charge in [-0.2, -0.15) is 0 Å². The summed E-state index contributed by atoms with van der Waals surface area (Å²) in [6.45, 7) is 2.18. The molecule has 0 aromatic heterocycles. The largest absolute Gasteiger partial charge is 0.495 e. The first-order valence-electron chi connectivity index (χ1n) is 10.5. The van der Waals surface area contributed by atoms with Crippen molar-refractivity contribution in [3.63, 3.8) is 0 Å². The molecule has 0 N–H and O–H groups in total. The number of rotatable bonds is 6. The van der Waals surface area contributed by atoms with Gasteiger partial charge in [-0.25, -0.2) is 8.42 Å². The lowest BCUT2D eigenvalue weighted by molar-refractivity contribution is 0.306. The average molecular weight is 472 g/mol. The second-order valence-corrected chi connectivity index (χ2v) is 10.3. The molecule has 5 nitrogen and oxygen atoms in total. The number of halogens is 1. The van der Waals surface area contributed by atoms with Crippen molar-refractivity contribution in [3.8, 4) is 11.5 Å². The molecule has 0 saturated heterocycles. The van der Waals surface area contributed by atoms with Gasteiger partial charge in [-0.15, -0.1) is 0 Å². The molecular formula is C25H26ClNO4S. The molecule has 7 heteroatoms. The third-order valence-electron chi connectivity index (χ3n) is 5.75. The molecule has 0 fully saturated rings. The molecule has 0 unspecified atom stereocenters. The fourth-order valence-electron chi connectivity index (χ4n) is 3.80. The third kappa shape index (κ3) is 4.93. The van der Waals surface area contributed by atoms with E-state index in [1.807, 2.05) is 6.07 Å². The summed E-state index contributed by atoms with van der Waals surface area (Å²) in [5.74, 6) is 1.09. The third-order valence-corrected chi connectivity index (χ3v) is 7.80. The summed E-state index contributed by atoms with van der Waals surface area (Å²) in [5.41, 5.74) is 3.09. The zero-order valence-corrected chi connectivity index (χ0v) is 19.7. The number of hydrogen-bond donors (Lipinski definition) is 0. The van der Waals surface area contributed by atoms with Gasteiger partial charge in [-0.3, -0.25) is 0 Å².